The van der Waals surface area contributed by atoms with Crippen molar-refractivity contribution in [1.29, 1.82) is 0 Å². The minimum atomic E-state index is -0.784. The van der Waals surface area contributed by atoms with Crippen molar-refractivity contribution in [3.05, 3.63) is 104 Å². The first-order valence-corrected chi connectivity index (χ1v) is 12.5. The van der Waals surface area contributed by atoms with Crippen LogP contribution in [0.15, 0.2) is 76.2 Å². The molecule has 0 radical (unpaired) electrons. The number of benzene rings is 3. The number of phenols is 1. The standard InChI is InChI=1S/C28H16Cl2N4O5/c1-37-19-10-9-13(11-17(19)35)25-32-26-22-20(15-6-4-7-16(29)23(15)30)21-24(39-27(22)31-12-34(26)33-25)14-5-2-3-8-18(14)38-28(21)36/h2-12,20,35H,1H3. The Hall–Kier alpha value is -4.60. The van der Waals surface area contributed by atoms with E-state index in [1.165, 1.54) is 24.0 Å². The average molecular weight is 559 g/mol. The fraction of sp³-hybridized carbons (Fsp3) is 0.0714. The number of phenolic OH excluding ortho intramolecular Hbond substituents is 1. The second-order valence-electron chi connectivity index (χ2n) is 8.86. The third kappa shape index (κ3) is 3.54. The minimum Gasteiger partial charge on any atom is -0.504 e. The maximum absolute atomic E-state index is 13.5. The maximum Gasteiger partial charge on any atom is 0.344 e. The van der Waals surface area contributed by atoms with Gasteiger partial charge in [0.1, 0.15) is 11.9 Å². The van der Waals surface area contributed by atoms with Gasteiger partial charge in [-0.2, -0.15) is 0 Å². The number of nitrogens with zero attached hydrogens (tertiary/aromatic N) is 4. The Morgan fingerprint density at radius 1 is 1.05 bits per heavy atom. The van der Waals surface area contributed by atoms with Crippen LogP contribution in [0.25, 0.3) is 28.0 Å². The molecule has 4 heterocycles. The molecule has 0 saturated carbocycles. The molecule has 1 unspecified atom stereocenters. The lowest BCUT2D eigenvalue weighted by Crippen LogP contribution is -2.22. The molecule has 0 bridgehead atoms. The fourth-order valence-corrected chi connectivity index (χ4v) is 5.35. The van der Waals surface area contributed by atoms with E-state index in [1.807, 2.05) is 12.1 Å². The quantitative estimate of drug-likeness (QED) is 0.255. The molecular weight excluding hydrogens is 543 g/mol. The van der Waals surface area contributed by atoms with Gasteiger partial charge in [-0.1, -0.05) is 47.5 Å². The summed E-state index contributed by atoms with van der Waals surface area (Å²) in [6.07, 6.45) is 1.48. The molecular formula is C28H16Cl2N4O5. The lowest BCUT2D eigenvalue weighted by atomic mass is 9.84. The predicted molar refractivity (Wildman–Crippen MR) is 144 cm³/mol. The minimum absolute atomic E-state index is 0.0562. The zero-order chi connectivity index (χ0) is 26.8. The first-order valence-electron chi connectivity index (χ1n) is 11.7. The molecule has 0 spiro atoms. The van der Waals surface area contributed by atoms with Gasteiger partial charge in [-0.25, -0.2) is 19.3 Å². The summed E-state index contributed by atoms with van der Waals surface area (Å²) in [5, 5.41) is 16.1. The Kier molecular flexibility index (Phi) is 5.26. The van der Waals surface area contributed by atoms with Crippen molar-refractivity contribution in [3.8, 4) is 34.5 Å². The van der Waals surface area contributed by atoms with Crippen LogP contribution in [0.4, 0.5) is 0 Å². The summed E-state index contributed by atoms with van der Waals surface area (Å²) in [6.45, 7) is 0. The zero-order valence-corrected chi connectivity index (χ0v) is 21.6. The first kappa shape index (κ1) is 23.5. The molecule has 0 amide bonds. The molecule has 0 aliphatic carbocycles. The third-order valence-corrected chi connectivity index (χ3v) is 7.52. The van der Waals surface area contributed by atoms with Crippen LogP contribution in [0, 0.1) is 0 Å². The Balaban J connectivity index is 1.53. The molecule has 3 aromatic heterocycles. The van der Waals surface area contributed by atoms with Crippen LogP contribution in [-0.2, 0) is 0 Å². The van der Waals surface area contributed by atoms with Gasteiger partial charge in [0.25, 0.3) is 0 Å². The average Bonchev–Trinajstić information content (AvgIpc) is 3.38. The van der Waals surface area contributed by atoms with Crippen molar-refractivity contribution < 1.29 is 19.0 Å². The number of aromatic hydroxyl groups is 1. The second-order valence-corrected chi connectivity index (χ2v) is 9.65. The third-order valence-electron chi connectivity index (χ3n) is 6.69. The lowest BCUT2D eigenvalue weighted by molar-refractivity contribution is 0.373. The molecule has 39 heavy (non-hydrogen) atoms. The molecule has 1 aliphatic rings. The van der Waals surface area contributed by atoms with Crippen molar-refractivity contribution in [2.75, 3.05) is 7.11 Å². The van der Waals surface area contributed by atoms with Crippen LogP contribution < -0.4 is 15.1 Å². The number of hydrogen-bond donors (Lipinski definition) is 1. The fourth-order valence-electron chi connectivity index (χ4n) is 4.94. The van der Waals surface area contributed by atoms with Crippen molar-refractivity contribution >= 4 is 39.8 Å². The van der Waals surface area contributed by atoms with E-state index in [0.717, 1.165) is 0 Å². The highest BCUT2D eigenvalue weighted by Gasteiger charge is 2.38. The summed E-state index contributed by atoms with van der Waals surface area (Å²) >= 11 is 13.1. The summed E-state index contributed by atoms with van der Waals surface area (Å²) < 4.78 is 18.6. The molecule has 0 saturated heterocycles. The van der Waals surface area contributed by atoms with Crippen molar-refractivity contribution in [2.45, 2.75) is 5.92 Å². The van der Waals surface area contributed by atoms with Gasteiger partial charge in [0.2, 0.25) is 5.88 Å². The number of rotatable bonds is 3. The Bertz CT molecular complexity index is 2020. The Morgan fingerprint density at radius 3 is 2.72 bits per heavy atom. The highest BCUT2D eigenvalue weighted by Crippen LogP contribution is 2.50. The molecule has 1 atom stereocenters. The summed E-state index contributed by atoms with van der Waals surface area (Å²) in [7, 11) is 1.47. The van der Waals surface area contributed by atoms with E-state index in [2.05, 4.69) is 10.1 Å². The topological polar surface area (TPSA) is 112 Å². The van der Waals surface area contributed by atoms with Gasteiger partial charge in [-0.3, -0.25) is 0 Å². The highest BCUT2D eigenvalue weighted by molar-refractivity contribution is 6.42. The van der Waals surface area contributed by atoms with Gasteiger partial charge in [-0.05, 0) is 42.0 Å². The zero-order valence-electron chi connectivity index (χ0n) is 20.1. The number of methoxy groups -OCH3 is 1. The molecule has 7 rings (SSSR count). The smallest absolute Gasteiger partial charge is 0.344 e. The van der Waals surface area contributed by atoms with Gasteiger partial charge >= 0.3 is 5.63 Å². The molecule has 9 nitrogen and oxygen atoms in total. The van der Waals surface area contributed by atoms with Gasteiger partial charge < -0.3 is 19.0 Å². The molecule has 3 aromatic carbocycles. The molecule has 1 aliphatic heterocycles. The second kappa shape index (κ2) is 8.72. The first-order chi connectivity index (χ1) is 18.9. The SMILES string of the molecule is COc1ccc(-c2nc3c4c(ncn3n2)Oc2c(c(=O)oc3ccccc23)C4c2cccc(Cl)c2Cl)cc1O. The van der Waals surface area contributed by atoms with Gasteiger partial charge in [0, 0.05) is 5.56 Å². The molecule has 0 fully saturated rings. The molecule has 192 valence electrons. The van der Waals surface area contributed by atoms with E-state index < -0.39 is 11.5 Å². The normalized spacial score (nSPS) is 14.2. The van der Waals surface area contributed by atoms with E-state index in [1.54, 1.807) is 42.5 Å². The van der Waals surface area contributed by atoms with Gasteiger partial charge in [-0.15, -0.1) is 5.10 Å². The monoisotopic (exact) mass is 558 g/mol. The van der Waals surface area contributed by atoms with E-state index in [0.29, 0.717) is 55.7 Å². The number of ether oxygens (including phenoxy) is 2. The molecule has 11 heteroatoms. The van der Waals surface area contributed by atoms with E-state index in [9.17, 15) is 9.90 Å². The van der Waals surface area contributed by atoms with Crippen LogP contribution in [-0.4, -0.2) is 31.8 Å². The maximum atomic E-state index is 13.5. The summed E-state index contributed by atoms with van der Waals surface area (Å²) in [4.78, 5) is 22.8. The predicted octanol–water partition coefficient (Wildman–Crippen LogP) is 6.20. The highest BCUT2D eigenvalue weighted by atomic mass is 35.5. The summed E-state index contributed by atoms with van der Waals surface area (Å²) in [5.74, 6) is 0.361. The van der Waals surface area contributed by atoms with Crippen LogP contribution in [0.1, 0.15) is 22.6 Å². The molecule has 1 N–H and O–H groups in total. The summed E-state index contributed by atoms with van der Waals surface area (Å²) in [5.41, 5.74) is 1.98. The van der Waals surface area contributed by atoms with Crippen LogP contribution >= 0.6 is 23.2 Å². The van der Waals surface area contributed by atoms with Crippen molar-refractivity contribution in [3.63, 3.8) is 0 Å². The van der Waals surface area contributed by atoms with Crippen LogP contribution in [0.2, 0.25) is 10.0 Å². The van der Waals surface area contributed by atoms with E-state index in [4.69, 9.17) is 42.1 Å². The lowest BCUT2D eigenvalue weighted by Gasteiger charge is -2.28. The number of halogens is 2. The van der Waals surface area contributed by atoms with Crippen molar-refractivity contribution in [1.82, 2.24) is 19.6 Å². The van der Waals surface area contributed by atoms with Crippen LogP contribution in [0.3, 0.4) is 0 Å². The van der Waals surface area contributed by atoms with Crippen molar-refractivity contribution in [2.24, 2.45) is 0 Å². The summed E-state index contributed by atoms with van der Waals surface area (Å²) in [6, 6.07) is 17.2. The molecule has 6 aromatic rings. The number of hydrogen-bond acceptors (Lipinski definition) is 8. The van der Waals surface area contributed by atoms with E-state index >= 15 is 0 Å². The van der Waals surface area contributed by atoms with Gasteiger partial charge in [0.15, 0.2) is 28.7 Å². The number of aromatic nitrogens is 4. The Labute approximate surface area is 229 Å². The van der Waals surface area contributed by atoms with Gasteiger partial charge in [0.05, 0.1) is 39.6 Å². The van der Waals surface area contributed by atoms with Crippen LogP contribution in [0.5, 0.6) is 23.1 Å². The number of fused-ring (bicyclic) bond motifs is 6. The Morgan fingerprint density at radius 2 is 1.90 bits per heavy atom. The largest absolute Gasteiger partial charge is 0.504 e. The van der Waals surface area contributed by atoms with E-state index in [-0.39, 0.29) is 22.2 Å². The number of para-hydroxylation sites is 1.